The van der Waals surface area contributed by atoms with Crippen LogP contribution in [0.3, 0.4) is 0 Å². The molecule has 3 N–H and O–H groups in total. The van der Waals surface area contributed by atoms with Crippen molar-refractivity contribution in [2.45, 2.75) is 13.0 Å². The van der Waals surface area contributed by atoms with Gasteiger partial charge < -0.3 is 10.8 Å². The van der Waals surface area contributed by atoms with E-state index in [4.69, 9.17) is 10.8 Å². The van der Waals surface area contributed by atoms with Crippen LogP contribution in [-0.4, -0.2) is 17.1 Å². The highest BCUT2D eigenvalue weighted by Crippen LogP contribution is 1.91. The van der Waals surface area contributed by atoms with Crippen LogP contribution in [0.1, 0.15) is 6.92 Å². The topological polar surface area (TPSA) is 63.3 Å². The van der Waals surface area contributed by atoms with Crippen molar-refractivity contribution in [3.63, 3.8) is 0 Å². The largest absolute Gasteiger partial charge is 0.480 e. The van der Waals surface area contributed by atoms with Gasteiger partial charge in [0.15, 0.2) is 0 Å². The minimum Gasteiger partial charge on any atom is -0.480 e. The number of thiophene rings is 1. The number of carbonyl (C=O) groups is 1. The molecule has 0 aliphatic heterocycles. The second-order valence-electron chi connectivity index (χ2n) is 1.92. The lowest BCUT2D eigenvalue weighted by atomic mass is 10.4. The summed E-state index contributed by atoms with van der Waals surface area (Å²) in [6, 6.07) is 3.31. The van der Waals surface area contributed by atoms with E-state index in [0.29, 0.717) is 0 Å². The van der Waals surface area contributed by atoms with E-state index >= 15 is 0 Å². The Kier molecular flexibility index (Phi) is 5.42. The zero-order valence-corrected chi connectivity index (χ0v) is 7.04. The first-order valence-electron chi connectivity index (χ1n) is 3.10. The van der Waals surface area contributed by atoms with E-state index in [2.05, 4.69) is 0 Å². The summed E-state index contributed by atoms with van der Waals surface area (Å²) >= 11 is 1.71. The molecule has 1 aromatic rings. The number of hydrogen-bond donors (Lipinski definition) is 2. The van der Waals surface area contributed by atoms with Gasteiger partial charge in [0, 0.05) is 0 Å². The molecule has 0 saturated carbocycles. The average Bonchev–Trinajstić information content (AvgIpc) is 2.41. The molecule has 0 saturated heterocycles. The van der Waals surface area contributed by atoms with E-state index < -0.39 is 12.0 Å². The molecule has 0 fully saturated rings. The van der Waals surface area contributed by atoms with E-state index in [1.165, 1.54) is 6.92 Å². The normalized spacial score (nSPS) is 11.1. The van der Waals surface area contributed by atoms with Crippen LogP contribution in [0.5, 0.6) is 0 Å². The van der Waals surface area contributed by atoms with Gasteiger partial charge in [-0.05, 0) is 17.7 Å². The Hall–Kier alpha value is -0.870. The first-order valence-corrected chi connectivity index (χ1v) is 4.04. The number of aliphatic carboxylic acids is 1. The Morgan fingerprint density at radius 3 is 2.00 bits per heavy atom. The molecule has 0 amide bonds. The first kappa shape index (κ1) is 10.1. The van der Waals surface area contributed by atoms with Crippen molar-refractivity contribution < 1.29 is 9.90 Å². The third kappa shape index (κ3) is 7.02. The zero-order chi connectivity index (χ0) is 8.69. The smallest absolute Gasteiger partial charge is 0.320 e. The molecule has 0 aromatic carbocycles. The summed E-state index contributed by atoms with van der Waals surface area (Å²) in [7, 11) is 0. The van der Waals surface area contributed by atoms with Crippen molar-refractivity contribution in [2.24, 2.45) is 5.73 Å². The van der Waals surface area contributed by atoms with Gasteiger partial charge in [0.05, 0.1) is 0 Å². The summed E-state index contributed by atoms with van der Waals surface area (Å²) in [5, 5.41) is 11.9. The monoisotopic (exact) mass is 173 g/mol. The van der Waals surface area contributed by atoms with Gasteiger partial charge in [-0.25, -0.2) is 0 Å². The summed E-state index contributed by atoms with van der Waals surface area (Å²) in [6.45, 7) is 1.42. The third-order valence-corrected chi connectivity index (χ3v) is 1.44. The molecule has 1 rings (SSSR count). The van der Waals surface area contributed by atoms with Gasteiger partial charge in [-0.1, -0.05) is 12.1 Å². The average molecular weight is 173 g/mol. The van der Waals surface area contributed by atoms with Crippen molar-refractivity contribution in [3.05, 3.63) is 22.9 Å². The van der Waals surface area contributed by atoms with Crippen LogP contribution in [0, 0.1) is 0 Å². The summed E-state index contributed by atoms with van der Waals surface area (Å²) in [5.74, 6) is -0.963. The van der Waals surface area contributed by atoms with Crippen LogP contribution in [0.4, 0.5) is 0 Å². The maximum Gasteiger partial charge on any atom is 0.320 e. The summed E-state index contributed by atoms with van der Waals surface area (Å²) in [4.78, 5) is 9.57. The number of carboxylic acids is 1. The highest BCUT2D eigenvalue weighted by Gasteiger charge is 1.99. The first-order chi connectivity index (χ1) is 5.14. The van der Waals surface area contributed by atoms with E-state index in [1.807, 2.05) is 22.9 Å². The maximum absolute atomic E-state index is 9.57. The van der Waals surface area contributed by atoms with Crippen LogP contribution in [0.2, 0.25) is 0 Å². The van der Waals surface area contributed by atoms with Crippen molar-refractivity contribution in [2.75, 3.05) is 0 Å². The molecule has 4 heteroatoms. The van der Waals surface area contributed by atoms with Crippen molar-refractivity contribution in [1.82, 2.24) is 0 Å². The molecule has 0 aliphatic rings. The fourth-order valence-electron chi connectivity index (χ4n) is 0.227. The summed E-state index contributed by atoms with van der Waals surface area (Å²) < 4.78 is 0. The van der Waals surface area contributed by atoms with Crippen LogP contribution >= 0.6 is 11.3 Å². The van der Waals surface area contributed by atoms with E-state index in [9.17, 15) is 4.79 Å². The lowest BCUT2D eigenvalue weighted by Crippen LogP contribution is -2.25. The molecular formula is C7H11NO2S. The van der Waals surface area contributed by atoms with Crippen LogP contribution in [0.25, 0.3) is 0 Å². The molecule has 0 bridgehead atoms. The van der Waals surface area contributed by atoms with Gasteiger partial charge in [-0.2, -0.15) is 11.3 Å². The Morgan fingerprint density at radius 1 is 1.55 bits per heavy atom. The van der Waals surface area contributed by atoms with Crippen molar-refractivity contribution in [1.29, 1.82) is 0 Å². The van der Waals surface area contributed by atoms with Crippen LogP contribution in [0.15, 0.2) is 22.9 Å². The number of hydrogen-bond acceptors (Lipinski definition) is 3. The molecule has 1 aromatic heterocycles. The minimum absolute atomic E-state index is 0.731. The van der Waals surface area contributed by atoms with Gasteiger partial charge in [0.25, 0.3) is 0 Å². The zero-order valence-electron chi connectivity index (χ0n) is 6.23. The molecule has 0 radical (unpaired) electrons. The molecule has 1 heterocycles. The van der Waals surface area contributed by atoms with Gasteiger partial charge >= 0.3 is 5.97 Å². The lowest BCUT2D eigenvalue weighted by Gasteiger charge is -1.90. The Bertz CT molecular complexity index is 167. The molecule has 11 heavy (non-hydrogen) atoms. The molecule has 62 valence electrons. The second kappa shape index (κ2) is 5.88. The van der Waals surface area contributed by atoms with E-state index in [-0.39, 0.29) is 0 Å². The van der Waals surface area contributed by atoms with Crippen LogP contribution < -0.4 is 5.73 Å². The number of rotatable bonds is 1. The lowest BCUT2D eigenvalue weighted by molar-refractivity contribution is -0.138. The molecule has 0 unspecified atom stereocenters. The summed E-state index contributed by atoms with van der Waals surface area (Å²) in [6.07, 6.45) is 0. The molecule has 0 aliphatic carbocycles. The van der Waals surface area contributed by atoms with Gasteiger partial charge in [0.1, 0.15) is 6.04 Å². The Morgan fingerprint density at radius 2 is 1.91 bits per heavy atom. The van der Waals surface area contributed by atoms with Crippen molar-refractivity contribution in [3.8, 4) is 0 Å². The number of carboxylic acid groups (broad SMARTS) is 1. The predicted molar refractivity (Wildman–Crippen MR) is 45.6 cm³/mol. The van der Waals surface area contributed by atoms with Crippen molar-refractivity contribution >= 4 is 17.3 Å². The van der Waals surface area contributed by atoms with Crippen LogP contribution in [-0.2, 0) is 4.79 Å². The fourth-order valence-corrected chi connectivity index (χ4v) is 0.680. The van der Waals surface area contributed by atoms with E-state index in [0.717, 1.165) is 0 Å². The van der Waals surface area contributed by atoms with Gasteiger partial charge in [-0.15, -0.1) is 0 Å². The maximum atomic E-state index is 9.57. The van der Waals surface area contributed by atoms with Gasteiger partial charge in [0.2, 0.25) is 0 Å². The number of nitrogens with two attached hydrogens (primary N) is 1. The molecule has 0 spiro atoms. The standard InChI is InChI=1S/C4H4S.C3H7NO2/c1-2-4-5-3-1;1-2(4)3(5)6/h1-4H;2H,4H2,1H3,(H,5,6)/t;2-/m.1/s1. The molecule has 1 atom stereocenters. The third-order valence-electron chi connectivity index (χ3n) is 0.815. The Labute approximate surface area is 69.5 Å². The van der Waals surface area contributed by atoms with E-state index in [1.54, 1.807) is 11.3 Å². The second-order valence-corrected chi connectivity index (χ2v) is 2.74. The molecule has 3 nitrogen and oxygen atoms in total. The quantitative estimate of drug-likeness (QED) is 0.670. The highest BCUT2D eigenvalue weighted by atomic mass is 32.1. The SMILES string of the molecule is C[C@@H](N)C(=O)O.c1ccsc1. The predicted octanol–water partition coefficient (Wildman–Crippen LogP) is 1.17. The molecular weight excluding hydrogens is 162 g/mol. The fraction of sp³-hybridized carbons (Fsp3) is 0.286. The minimum atomic E-state index is -0.963. The highest BCUT2D eigenvalue weighted by molar-refractivity contribution is 7.07. The Balaban J connectivity index is 0.000000183. The van der Waals surface area contributed by atoms with Gasteiger partial charge in [-0.3, -0.25) is 4.79 Å². The summed E-state index contributed by atoms with van der Waals surface area (Å²) in [5.41, 5.74) is 4.84.